The van der Waals surface area contributed by atoms with Crippen LogP contribution < -0.4 is 5.73 Å². The second-order valence-corrected chi connectivity index (χ2v) is 3.06. The topological polar surface area (TPSA) is 51.8 Å². The van der Waals surface area contributed by atoms with Gasteiger partial charge in [0.1, 0.15) is 0 Å². The van der Waals surface area contributed by atoms with Crippen LogP contribution in [0.2, 0.25) is 0 Å². The van der Waals surface area contributed by atoms with Crippen molar-refractivity contribution in [1.82, 2.24) is 9.36 Å². The number of rotatable bonds is 1. The van der Waals surface area contributed by atoms with Crippen molar-refractivity contribution in [3.05, 3.63) is 29.9 Å². The van der Waals surface area contributed by atoms with Crippen molar-refractivity contribution in [3.8, 4) is 11.3 Å². The quantitative estimate of drug-likeness (QED) is 0.722. The van der Waals surface area contributed by atoms with Gasteiger partial charge in [0.2, 0.25) is 0 Å². The van der Waals surface area contributed by atoms with Gasteiger partial charge in [0.25, 0.3) is 0 Å². The van der Waals surface area contributed by atoms with E-state index in [-0.39, 0.29) is 0 Å². The van der Waals surface area contributed by atoms with E-state index in [0.29, 0.717) is 5.69 Å². The highest BCUT2D eigenvalue weighted by Gasteiger charge is 1.99. The summed E-state index contributed by atoms with van der Waals surface area (Å²) in [4.78, 5) is 3.98. The maximum Gasteiger partial charge on any atom is 0.0856 e. The van der Waals surface area contributed by atoms with Crippen molar-refractivity contribution in [2.75, 3.05) is 5.73 Å². The highest BCUT2D eigenvalue weighted by atomic mass is 32.1. The number of nitrogen functional groups attached to an aromatic ring is 1. The summed E-state index contributed by atoms with van der Waals surface area (Å²) in [7, 11) is 0. The first-order valence-corrected chi connectivity index (χ1v) is 4.31. The number of nitrogens with two attached hydrogens (primary N) is 1. The average molecular weight is 177 g/mol. The Morgan fingerprint density at radius 1 is 1.33 bits per heavy atom. The molecule has 0 aliphatic carbocycles. The number of hydrogen-bond acceptors (Lipinski definition) is 4. The van der Waals surface area contributed by atoms with Crippen LogP contribution >= 0.6 is 11.5 Å². The molecule has 2 rings (SSSR count). The molecule has 2 N–H and O–H groups in total. The predicted octanol–water partition coefficient (Wildman–Crippen LogP) is 1.79. The molecule has 12 heavy (non-hydrogen) atoms. The molecule has 3 nitrogen and oxygen atoms in total. The summed E-state index contributed by atoms with van der Waals surface area (Å²) in [6, 6.07) is 3.81. The summed E-state index contributed by atoms with van der Waals surface area (Å²) in [5.41, 5.74) is 8.14. The Morgan fingerprint density at radius 3 is 2.92 bits per heavy atom. The van der Waals surface area contributed by atoms with E-state index < -0.39 is 0 Å². The molecule has 0 saturated heterocycles. The molecule has 60 valence electrons. The number of aromatic nitrogens is 2. The van der Waals surface area contributed by atoms with Crippen LogP contribution in [0, 0.1) is 0 Å². The Bertz CT molecular complexity index is 370. The summed E-state index contributed by atoms with van der Waals surface area (Å²) in [6.07, 6.45) is 3.38. The van der Waals surface area contributed by atoms with Crippen LogP contribution in [0.4, 0.5) is 5.69 Å². The molecule has 2 aromatic heterocycles. The molecule has 0 aliphatic rings. The first-order valence-electron chi connectivity index (χ1n) is 3.47. The lowest BCUT2D eigenvalue weighted by Gasteiger charge is -1.95. The largest absolute Gasteiger partial charge is 0.397 e. The van der Waals surface area contributed by atoms with Crippen molar-refractivity contribution in [1.29, 1.82) is 0 Å². The molecule has 0 atom stereocenters. The lowest BCUT2D eigenvalue weighted by atomic mass is 10.2. The van der Waals surface area contributed by atoms with E-state index in [4.69, 9.17) is 5.73 Å². The zero-order valence-electron chi connectivity index (χ0n) is 6.27. The van der Waals surface area contributed by atoms with Crippen LogP contribution in [0.5, 0.6) is 0 Å². The van der Waals surface area contributed by atoms with Crippen LogP contribution in [0.25, 0.3) is 11.3 Å². The monoisotopic (exact) mass is 177 g/mol. The molecule has 0 saturated carbocycles. The van der Waals surface area contributed by atoms with Crippen LogP contribution in [0.3, 0.4) is 0 Å². The summed E-state index contributed by atoms with van der Waals surface area (Å²) in [5.74, 6) is 0. The van der Waals surface area contributed by atoms with Crippen LogP contribution in [-0.2, 0) is 0 Å². The Balaban J connectivity index is 2.48. The number of hydrogen-bond donors (Lipinski definition) is 1. The molecule has 0 spiro atoms. The van der Waals surface area contributed by atoms with Gasteiger partial charge in [-0.2, -0.15) is 4.37 Å². The molecule has 0 radical (unpaired) electrons. The summed E-state index contributed by atoms with van der Waals surface area (Å²) in [5, 5.41) is 1.93. The highest BCUT2D eigenvalue weighted by molar-refractivity contribution is 7.03. The van der Waals surface area contributed by atoms with Crippen LogP contribution in [0.1, 0.15) is 0 Å². The third kappa shape index (κ3) is 1.29. The van der Waals surface area contributed by atoms with E-state index in [0.717, 1.165) is 11.3 Å². The van der Waals surface area contributed by atoms with Gasteiger partial charge in [0.15, 0.2) is 0 Å². The van der Waals surface area contributed by atoms with Crippen LogP contribution in [0.15, 0.2) is 29.9 Å². The van der Waals surface area contributed by atoms with Gasteiger partial charge in [-0.1, -0.05) is 0 Å². The second-order valence-electron chi connectivity index (χ2n) is 2.39. The van der Waals surface area contributed by atoms with Gasteiger partial charge < -0.3 is 5.73 Å². The Hall–Kier alpha value is -1.42. The molecule has 0 aliphatic heterocycles. The molecule has 2 heterocycles. The summed E-state index contributed by atoms with van der Waals surface area (Å²) < 4.78 is 4.17. The first-order chi connectivity index (χ1) is 5.86. The molecule has 0 bridgehead atoms. The van der Waals surface area contributed by atoms with E-state index in [1.807, 2.05) is 17.5 Å². The average Bonchev–Trinajstić information content (AvgIpc) is 2.56. The van der Waals surface area contributed by atoms with E-state index in [1.54, 1.807) is 12.4 Å². The standard InChI is InChI=1S/C8H7N3S/c9-7-3-6(4-10-5-7)8-1-2-12-11-8/h1-5H,9H2. The zero-order valence-corrected chi connectivity index (χ0v) is 7.08. The van der Waals surface area contributed by atoms with E-state index in [9.17, 15) is 0 Å². The van der Waals surface area contributed by atoms with Crippen molar-refractivity contribution in [3.63, 3.8) is 0 Å². The van der Waals surface area contributed by atoms with Crippen LogP contribution in [-0.4, -0.2) is 9.36 Å². The van der Waals surface area contributed by atoms with Crippen molar-refractivity contribution >= 4 is 17.2 Å². The Kier molecular flexibility index (Phi) is 1.75. The van der Waals surface area contributed by atoms with Gasteiger partial charge in [-0.15, -0.1) is 0 Å². The minimum Gasteiger partial charge on any atom is -0.397 e. The fourth-order valence-electron chi connectivity index (χ4n) is 0.959. The maximum atomic E-state index is 5.58. The third-order valence-corrected chi connectivity index (χ3v) is 2.05. The van der Waals surface area contributed by atoms with Crippen molar-refractivity contribution in [2.24, 2.45) is 0 Å². The van der Waals surface area contributed by atoms with E-state index >= 15 is 0 Å². The predicted molar refractivity (Wildman–Crippen MR) is 49.8 cm³/mol. The fourth-order valence-corrected chi connectivity index (χ4v) is 1.49. The minimum atomic E-state index is 0.667. The van der Waals surface area contributed by atoms with Gasteiger partial charge in [-0.3, -0.25) is 4.98 Å². The molecular formula is C8H7N3S. The minimum absolute atomic E-state index is 0.667. The summed E-state index contributed by atoms with van der Waals surface area (Å²) in [6.45, 7) is 0. The smallest absolute Gasteiger partial charge is 0.0856 e. The number of nitrogens with zero attached hydrogens (tertiary/aromatic N) is 2. The Labute approximate surface area is 74.0 Å². The lowest BCUT2D eigenvalue weighted by Crippen LogP contribution is -1.87. The molecule has 0 aromatic carbocycles. The summed E-state index contributed by atoms with van der Waals surface area (Å²) >= 11 is 1.42. The number of anilines is 1. The van der Waals surface area contributed by atoms with Crippen molar-refractivity contribution < 1.29 is 0 Å². The first kappa shape index (κ1) is 7.24. The highest BCUT2D eigenvalue weighted by Crippen LogP contribution is 2.18. The van der Waals surface area contributed by atoms with Gasteiger partial charge in [0.05, 0.1) is 11.4 Å². The van der Waals surface area contributed by atoms with Gasteiger partial charge in [-0.05, 0) is 23.7 Å². The molecule has 0 fully saturated rings. The second kappa shape index (κ2) is 2.91. The lowest BCUT2D eigenvalue weighted by molar-refractivity contribution is 1.32. The fraction of sp³-hybridized carbons (Fsp3) is 0. The molecule has 0 unspecified atom stereocenters. The number of pyridine rings is 1. The van der Waals surface area contributed by atoms with Crippen molar-refractivity contribution in [2.45, 2.75) is 0 Å². The SMILES string of the molecule is Nc1cncc(-c2ccsn2)c1. The zero-order chi connectivity index (χ0) is 8.39. The molecule has 4 heteroatoms. The molecular weight excluding hydrogens is 170 g/mol. The maximum absolute atomic E-state index is 5.58. The van der Waals surface area contributed by atoms with Gasteiger partial charge >= 0.3 is 0 Å². The van der Waals surface area contributed by atoms with E-state index in [2.05, 4.69) is 9.36 Å². The van der Waals surface area contributed by atoms with Gasteiger partial charge in [-0.25, -0.2) is 0 Å². The van der Waals surface area contributed by atoms with Gasteiger partial charge in [0, 0.05) is 23.3 Å². The van der Waals surface area contributed by atoms with E-state index in [1.165, 1.54) is 11.5 Å². The third-order valence-electron chi connectivity index (χ3n) is 1.49. The molecule has 0 amide bonds. The normalized spacial score (nSPS) is 10.0. The Morgan fingerprint density at radius 2 is 2.25 bits per heavy atom. The molecule has 2 aromatic rings.